The second-order valence-corrected chi connectivity index (χ2v) is 6.55. The maximum absolute atomic E-state index is 11.0. The minimum atomic E-state index is -0.356. The van der Waals surface area contributed by atoms with Gasteiger partial charge in [0.05, 0.1) is 11.3 Å². The molecule has 0 bridgehead atoms. The summed E-state index contributed by atoms with van der Waals surface area (Å²) in [5.41, 5.74) is 2.35. The van der Waals surface area contributed by atoms with Crippen molar-refractivity contribution < 1.29 is 14.6 Å². The van der Waals surface area contributed by atoms with Gasteiger partial charge in [-0.05, 0) is 48.0 Å². The predicted octanol–water partition coefficient (Wildman–Crippen LogP) is 4.74. The Hall–Kier alpha value is -4.19. The number of rotatable bonds is 5. The Bertz CT molecular complexity index is 1200. The number of esters is 1. The van der Waals surface area contributed by atoms with Gasteiger partial charge >= 0.3 is 5.97 Å². The molecule has 0 fully saturated rings. The van der Waals surface area contributed by atoms with Crippen LogP contribution in [0.5, 0.6) is 11.5 Å². The van der Waals surface area contributed by atoms with Crippen molar-refractivity contribution in [2.24, 2.45) is 0 Å². The highest BCUT2D eigenvalue weighted by molar-refractivity contribution is 5.72. The maximum Gasteiger partial charge on any atom is 0.308 e. The standard InChI is InChI=1S/C24H19N3O3/c1-17(28)30-20-14-11-18(12-15-20)13-16-23-25-24(21-9-5-6-10-22(21)29)27(26-23)19-7-3-2-4-8-19/h2-16,29H,1H3/b16-13+. The van der Waals surface area contributed by atoms with Crippen molar-refractivity contribution >= 4 is 18.1 Å². The third kappa shape index (κ3) is 4.28. The van der Waals surface area contributed by atoms with Gasteiger partial charge in [-0.3, -0.25) is 4.79 Å². The first kappa shape index (κ1) is 19.1. The molecule has 0 aliphatic rings. The zero-order valence-electron chi connectivity index (χ0n) is 16.3. The van der Waals surface area contributed by atoms with E-state index in [1.165, 1.54) is 6.92 Å². The first-order valence-corrected chi connectivity index (χ1v) is 9.37. The van der Waals surface area contributed by atoms with Crippen molar-refractivity contribution in [1.29, 1.82) is 0 Å². The first-order chi connectivity index (χ1) is 14.6. The Kier molecular flexibility index (Phi) is 5.39. The Labute approximate surface area is 173 Å². The number of para-hydroxylation sites is 2. The Morgan fingerprint density at radius 1 is 0.933 bits per heavy atom. The normalized spacial score (nSPS) is 11.0. The number of aromatic nitrogens is 3. The van der Waals surface area contributed by atoms with Crippen LogP contribution in [0.15, 0.2) is 78.9 Å². The molecule has 0 saturated heterocycles. The highest BCUT2D eigenvalue weighted by atomic mass is 16.5. The van der Waals surface area contributed by atoms with E-state index >= 15 is 0 Å². The molecule has 1 N–H and O–H groups in total. The molecule has 6 heteroatoms. The number of carbonyl (C=O) groups is 1. The molecule has 0 radical (unpaired) electrons. The SMILES string of the molecule is CC(=O)Oc1ccc(/C=C/c2nc(-c3ccccc3O)n(-c3ccccc3)n2)cc1. The summed E-state index contributed by atoms with van der Waals surface area (Å²) in [5, 5.41) is 14.9. The van der Waals surface area contributed by atoms with Crippen LogP contribution in [-0.2, 0) is 4.79 Å². The monoisotopic (exact) mass is 397 g/mol. The molecule has 0 saturated carbocycles. The largest absolute Gasteiger partial charge is 0.507 e. The molecule has 0 spiro atoms. The molecule has 0 atom stereocenters. The van der Waals surface area contributed by atoms with Crippen molar-refractivity contribution in [2.75, 3.05) is 0 Å². The number of aromatic hydroxyl groups is 1. The summed E-state index contributed by atoms with van der Waals surface area (Å²) in [5.74, 6) is 1.32. The second-order valence-electron chi connectivity index (χ2n) is 6.55. The van der Waals surface area contributed by atoms with Gasteiger partial charge in [0.25, 0.3) is 0 Å². The van der Waals surface area contributed by atoms with Crippen LogP contribution in [0.2, 0.25) is 0 Å². The molecule has 3 aromatic carbocycles. The van der Waals surface area contributed by atoms with Gasteiger partial charge in [-0.2, -0.15) is 0 Å². The summed E-state index contributed by atoms with van der Waals surface area (Å²) < 4.78 is 6.75. The van der Waals surface area contributed by atoms with Gasteiger partial charge in [0.2, 0.25) is 0 Å². The summed E-state index contributed by atoms with van der Waals surface area (Å²) in [6.45, 7) is 1.37. The predicted molar refractivity (Wildman–Crippen MR) is 115 cm³/mol. The highest BCUT2D eigenvalue weighted by Crippen LogP contribution is 2.29. The van der Waals surface area contributed by atoms with E-state index < -0.39 is 0 Å². The zero-order valence-corrected chi connectivity index (χ0v) is 16.3. The van der Waals surface area contributed by atoms with Crippen molar-refractivity contribution in [3.8, 4) is 28.6 Å². The molecule has 148 valence electrons. The summed E-state index contributed by atoms with van der Waals surface area (Å²) in [7, 11) is 0. The van der Waals surface area contributed by atoms with E-state index in [2.05, 4.69) is 10.1 Å². The number of nitrogens with zero attached hydrogens (tertiary/aromatic N) is 3. The lowest BCUT2D eigenvalue weighted by atomic mass is 10.2. The van der Waals surface area contributed by atoms with E-state index in [9.17, 15) is 9.90 Å². The molecule has 4 rings (SSSR count). The van der Waals surface area contributed by atoms with Gasteiger partial charge in [0, 0.05) is 6.92 Å². The van der Waals surface area contributed by atoms with E-state index in [-0.39, 0.29) is 11.7 Å². The van der Waals surface area contributed by atoms with E-state index in [0.29, 0.717) is 23.0 Å². The lowest BCUT2D eigenvalue weighted by Crippen LogP contribution is -2.00. The molecular formula is C24H19N3O3. The number of phenolic OH excluding ortho intramolecular Hbond substituents is 1. The zero-order chi connectivity index (χ0) is 20.9. The summed E-state index contributed by atoms with van der Waals surface area (Å²) in [4.78, 5) is 15.7. The Balaban J connectivity index is 1.68. The number of ether oxygens (including phenoxy) is 1. The quantitative estimate of drug-likeness (QED) is 0.389. The lowest BCUT2D eigenvalue weighted by Gasteiger charge is -2.06. The molecule has 0 aliphatic carbocycles. The smallest absolute Gasteiger partial charge is 0.308 e. The van der Waals surface area contributed by atoms with Crippen LogP contribution in [0.3, 0.4) is 0 Å². The van der Waals surface area contributed by atoms with E-state index in [4.69, 9.17) is 4.74 Å². The van der Waals surface area contributed by atoms with Crippen LogP contribution in [0.4, 0.5) is 0 Å². The number of carbonyl (C=O) groups excluding carboxylic acids is 1. The fraction of sp³-hybridized carbons (Fsp3) is 0.0417. The van der Waals surface area contributed by atoms with Gasteiger partial charge < -0.3 is 9.84 Å². The third-order valence-electron chi connectivity index (χ3n) is 4.34. The summed E-state index contributed by atoms with van der Waals surface area (Å²) >= 11 is 0. The maximum atomic E-state index is 11.0. The molecular weight excluding hydrogens is 378 g/mol. The molecule has 0 amide bonds. The van der Waals surface area contributed by atoms with Crippen LogP contribution in [0.25, 0.3) is 29.2 Å². The molecule has 0 aliphatic heterocycles. The van der Waals surface area contributed by atoms with Crippen molar-refractivity contribution in [3.05, 3.63) is 90.3 Å². The van der Waals surface area contributed by atoms with Crippen LogP contribution in [-0.4, -0.2) is 25.8 Å². The summed E-state index contributed by atoms with van der Waals surface area (Å²) in [6, 6.07) is 23.8. The topological polar surface area (TPSA) is 77.2 Å². The average molecular weight is 397 g/mol. The van der Waals surface area contributed by atoms with Crippen LogP contribution >= 0.6 is 0 Å². The number of hydrogen-bond donors (Lipinski definition) is 1. The van der Waals surface area contributed by atoms with Gasteiger partial charge in [0.1, 0.15) is 11.5 Å². The molecule has 1 aromatic heterocycles. The van der Waals surface area contributed by atoms with Gasteiger partial charge in [0.15, 0.2) is 11.6 Å². The number of hydrogen-bond acceptors (Lipinski definition) is 5. The minimum Gasteiger partial charge on any atom is -0.507 e. The minimum absolute atomic E-state index is 0.138. The third-order valence-corrected chi connectivity index (χ3v) is 4.34. The van der Waals surface area contributed by atoms with Crippen molar-refractivity contribution in [3.63, 3.8) is 0 Å². The first-order valence-electron chi connectivity index (χ1n) is 9.37. The lowest BCUT2D eigenvalue weighted by molar-refractivity contribution is -0.131. The van der Waals surface area contributed by atoms with E-state index in [1.54, 1.807) is 41.1 Å². The Morgan fingerprint density at radius 2 is 1.63 bits per heavy atom. The molecule has 1 heterocycles. The van der Waals surface area contributed by atoms with E-state index in [1.807, 2.05) is 54.6 Å². The van der Waals surface area contributed by atoms with Gasteiger partial charge in [-0.25, -0.2) is 9.67 Å². The van der Waals surface area contributed by atoms with Crippen molar-refractivity contribution in [2.45, 2.75) is 6.92 Å². The second kappa shape index (κ2) is 8.45. The summed E-state index contributed by atoms with van der Waals surface area (Å²) in [6.07, 6.45) is 3.67. The fourth-order valence-corrected chi connectivity index (χ4v) is 2.97. The van der Waals surface area contributed by atoms with Gasteiger partial charge in [-0.1, -0.05) is 48.5 Å². The molecule has 6 nitrogen and oxygen atoms in total. The molecule has 30 heavy (non-hydrogen) atoms. The number of benzene rings is 3. The van der Waals surface area contributed by atoms with Crippen LogP contribution in [0.1, 0.15) is 18.3 Å². The van der Waals surface area contributed by atoms with Crippen LogP contribution < -0.4 is 4.74 Å². The van der Waals surface area contributed by atoms with Crippen LogP contribution in [0, 0.1) is 0 Å². The van der Waals surface area contributed by atoms with Crippen molar-refractivity contribution in [1.82, 2.24) is 14.8 Å². The highest BCUT2D eigenvalue weighted by Gasteiger charge is 2.15. The molecule has 0 unspecified atom stereocenters. The Morgan fingerprint density at radius 3 is 2.33 bits per heavy atom. The van der Waals surface area contributed by atoms with Gasteiger partial charge in [-0.15, -0.1) is 5.10 Å². The number of phenols is 1. The molecule has 4 aromatic rings. The average Bonchev–Trinajstić information content (AvgIpc) is 3.18. The fourth-order valence-electron chi connectivity index (χ4n) is 2.97. The van der Waals surface area contributed by atoms with E-state index in [0.717, 1.165) is 11.3 Å².